The van der Waals surface area contributed by atoms with Crippen LogP contribution in [0.3, 0.4) is 0 Å². The minimum absolute atomic E-state index is 0.643. The summed E-state index contributed by atoms with van der Waals surface area (Å²) in [5, 5.41) is 0. The molecule has 2 rings (SSSR count). The normalized spacial score (nSPS) is 37.0. The molecular weight excluding hydrogens is 192 g/mol. The minimum atomic E-state index is 0.643. The summed E-state index contributed by atoms with van der Waals surface area (Å²) in [5.41, 5.74) is 0.643. The average Bonchev–Trinajstić information content (AvgIpc) is 2.77. The van der Waals surface area contributed by atoms with Gasteiger partial charge in [-0.1, -0.05) is 45.6 Å². The maximum Gasteiger partial charge on any atom is -0.0235 e. The maximum absolute atomic E-state index is 3.97. The van der Waals surface area contributed by atoms with Crippen LogP contribution in [0.15, 0.2) is 12.7 Å². The Morgan fingerprint density at radius 3 is 2.44 bits per heavy atom. The van der Waals surface area contributed by atoms with Crippen molar-refractivity contribution >= 4 is 0 Å². The first kappa shape index (κ1) is 12.2. The Labute approximate surface area is 102 Å². The van der Waals surface area contributed by atoms with Crippen molar-refractivity contribution in [3.05, 3.63) is 12.7 Å². The SMILES string of the molecule is C=CCC1(CC)CC[C@@H]1[C@@H](C)C1CCCC1. The highest BCUT2D eigenvalue weighted by atomic mass is 14.5. The van der Waals surface area contributed by atoms with Gasteiger partial charge in [0, 0.05) is 0 Å². The van der Waals surface area contributed by atoms with Gasteiger partial charge in [-0.3, -0.25) is 0 Å². The van der Waals surface area contributed by atoms with E-state index in [1.807, 2.05) is 0 Å². The zero-order chi connectivity index (χ0) is 11.6. The first-order valence-corrected chi connectivity index (χ1v) is 7.34. The Kier molecular flexibility index (Phi) is 3.77. The van der Waals surface area contributed by atoms with Gasteiger partial charge in [-0.25, -0.2) is 0 Å². The van der Waals surface area contributed by atoms with E-state index in [4.69, 9.17) is 0 Å². The highest BCUT2D eigenvalue weighted by Gasteiger charge is 2.48. The molecule has 0 saturated heterocycles. The van der Waals surface area contributed by atoms with Gasteiger partial charge in [0.1, 0.15) is 0 Å². The van der Waals surface area contributed by atoms with E-state index >= 15 is 0 Å². The molecular formula is C16H28. The highest BCUT2D eigenvalue weighted by molar-refractivity contribution is 5.01. The van der Waals surface area contributed by atoms with Gasteiger partial charge < -0.3 is 0 Å². The zero-order valence-corrected chi connectivity index (χ0v) is 11.2. The van der Waals surface area contributed by atoms with Gasteiger partial charge in [-0.2, -0.15) is 0 Å². The molecule has 2 aliphatic carbocycles. The molecule has 2 fully saturated rings. The van der Waals surface area contributed by atoms with E-state index in [1.54, 1.807) is 0 Å². The Bertz CT molecular complexity index is 232. The predicted octanol–water partition coefficient (Wildman–Crippen LogP) is 5.20. The number of hydrogen-bond donors (Lipinski definition) is 0. The summed E-state index contributed by atoms with van der Waals surface area (Å²) in [7, 11) is 0. The van der Waals surface area contributed by atoms with Crippen LogP contribution in [-0.2, 0) is 0 Å². The molecule has 0 bridgehead atoms. The molecule has 16 heavy (non-hydrogen) atoms. The van der Waals surface area contributed by atoms with Crippen LogP contribution < -0.4 is 0 Å². The monoisotopic (exact) mass is 220 g/mol. The molecule has 2 saturated carbocycles. The number of allylic oxidation sites excluding steroid dienone is 1. The van der Waals surface area contributed by atoms with Crippen LogP contribution in [0.1, 0.15) is 65.2 Å². The lowest BCUT2D eigenvalue weighted by atomic mass is 9.52. The molecule has 0 aromatic carbocycles. The fourth-order valence-corrected chi connectivity index (χ4v) is 4.48. The first-order valence-electron chi connectivity index (χ1n) is 7.34. The number of rotatable bonds is 5. The molecule has 2 aliphatic rings. The third kappa shape index (κ3) is 1.96. The second-order valence-electron chi connectivity index (χ2n) is 6.26. The van der Waals surface area contributed by atoms with Crippen molar-refractivity contribution in [2.75, 3.05) is 0 Å². The molecule has 0 aromatic rings. The highest BCUT2D eigenvalue weighted by Crippen LogP contribution is 2.57. The van der Waals surface area contributed by atoms with E-state index in [-0.39, 0.29) is 0 Å². The van der Waals surface area contributed by atoms with Gasteiger partial charge in [0.15, 0.2) is 0 Å². The quantitative estimate of drug-likeness (QED) is 0.559. The molecule has 0 heteroatoms. The Hall–Kier alpha value is -0.260. The largest absolute Gasteiger partial charge is 0.103 e. The lowest BCUT2D eigenvalue weighted by Gasteiger charge is -2.53. The second kappa shape index (κ2) is 4.94. The number of hydrogen-bond acceptors (Lipinski definition) is 0. The van der Waals surface area contributed by atoms with Crippen molar-refractivity contribution in [3.63, 3.8) is 0 Å². The van der Waals surface area contributed by atoms with Crippen LogP contribution in [0, 0.1) is 23.2 Å². The van der Waals surface area contributed by atoms with Crippen LogP contribution in [0.5, 0.6) is 0 Å². The molecule has 0 nitrogen and oxygen atoms in total. The van der Waals surface area contributed by atoms with Crippen LogP contribution in [0.25, 0.3) is 0 Å². The Balaban J connectivity index is 2.00. The standard InChI is InChI=1S/C16H28/c1-4-11-16(5-2)12-10-15(16)13(3)14-8-6-7-9-14/h4,13-15H,1,5-12H2,2-3H3/t13-,15+,16?/m0/s1. The van der Waals surface area contributed by atoms with Crippen LogP contribution >= 0.6 is 0 Å². The van der Waals surface area contributed by atoms with Gasteiger partial charge in [-0.05, 0) is 48.9 Å². The molecule has 0 N–H and O–H groups in total. The van der Waals surface area contributed by atoms with E-state index < -0.39 is 0 Å². The van der Waals surface area contributed by atoms with E-state index in [2.05, 4.69) is 26.5 Å². The lowest BCUT2D eigenvalue weighted by molar-refractivity contribution is -0.0286. The van der Waals surface area contributed by atoms with Gasteiger partial charge in [0.2, 0.25) is 0 Å². The summed E-state index contributed by atoms with van der Waals surface area (Å²) < 4.78 is 0. The zero-order valence-electron chi connectivity index (χ0n) is 11.2. The molecule has 0 heterocycles. The lowest BCUT2D eigenvalue weighted by Crippen LogP contribution is -2.44. The van der Waals surface area contributed by atoms with Gasteiger partial charge >= 0.3 is 0 Å². The summed E-state index contributed by atoms with van der Waals surface area (Å²) in [6.45, 7) is 8.89. The van der Waals surface area contributed by atoms with Gasteiger partial charge in [0.05, 0.1) is 0 Å². The molecule has 0 aliphatic heterocycles. The van der Waals surface area contributed by atoms with E-state index in [1.165, 1.54) is 51.4 Å². The molecule has 1 unspecified atom stereocenters. The molecule has 3 atom stereocenters. The summed E-state index contributed by atoms with van der Waals surface area (Å²) in [5.74, 6) is 3.01. The predicted molar refractivity (Wildman–Crippen MR) is 71.4 cm³/mol. The van der Waals surface area contributed by atoms with Crippen LogP contribution in [0.2, 0.25) is 0 Å². The summed E-state index contributed by atoms with van der Waals surface area (Å²) in [4.78, 5) is 0. The Morgan fingerprint density at radius 1 is 1.31 bits per heavy atom. The summed E-state index contributed by atoms with van der Waals surface area (Å²) in [6.07, 6.45) is 13.7. The topological polar surface area (TPSA) is 0 Å². The molecule has 0 radical (unpaired) electrons. The molecule has 0 aromatic heterocycles. The smallest absolute Gasteiger partial charge is 0.0235 e. The molecule has 0 spiro atoms. The first-order chi connectivity index (χ1) is 7.73. The molecule has 92 valence electrons. The minimum Gasteiger partial charge on any atom is -0.103 e. The van der Waals surface area contributed by atoms with E-state index in [0.29, 0.717) is 5.41 Å². The fourth-order valence-electron chi connectivity index (χ4n) is 4.48. The average molecular weight is 220 g/mol. The molecule has 0 amide bonds. The van der Waals surface area contributed by atoms with Crippen molar-refractivity contribution in [2.24, 2.45) is 23.2 Å². The fraction of sp³-hybridized carbons (Fsp3) is 0.875. The van der Waals surface area contributed by atoms with Gasteiger partial charge in [0.25, 0.3) is 0 Å². The summed E-state index contributed by atoms with van der Waals surface area (Å²) >= 11 is 0. The maximum atomic E-state index is 3.97. The van der Waals surface area contributed by atoms with Crippen LogP contribution in [0.4, 0.5) is 0 Å². The second-order valence-corrected chi connectivity index (χ2v) is 6.26. The van der Waals surface area contributed by atoms with E-state index in [0.717, 1.165) is 17.8 Å². The van der Waals surface area contributed by atoms with Crippen LogP contribution in [-0.4, -0.2) is 0 Å². The van der Waals surface area contributed by atoms with Crippen molar-refractivity contribution in [1.82, 2.24) is 0 Å². The van der Waals surface area contributed by atoms with E-state index in [9.17, 15) is 0 Å². The third-order valence-corrected chi connectivity index (χ3v) is 5.77. The van der Waals surface area contributed by atoms with Crippen molar-refractivity contribution < 1.29 is 0 Å². The Morgan fingerprint density at radius 2 is 2.00 bits per heavy atom. The van der Waals surface area contributed by atoms with Crippen molar-refractivity contribution in [3.8, 4) is 0 Å². The third-order valence-electron chi connectivity index (χ3n) is 5.77. The van der Waals surface area contributed by atoms with Crippen molar-refractivity contribution in [1.29, 1.82) is 0 Å². The van der Waals surface area contributed by atoms with Gasteiger partial charge in [-0.15, -0.1) is 6.58 Å². The summed E-state index contributed by atoms with van der Waals surface area (Å²) in [6, 6.07) is 0. The van der Waals surface area contributed by atoms with Crippen molar-refractivity contribution in [2.45, 2.75) is 65.2 Å².